The Kier molecular flexibility index (Phi) is 4.76. The Labute approximate surface area is 118 Å². The van der Waals surface area contributed by atoms with Crippen molar-refractivity contribution in [1.82, 2.24) is 15.3 Å². The third kappa shape index (κ3) is 3.85. The maximum absolute atomic E-state index is 12.0. The highest BCUT2D eigenvalue weighted by molar-refractivity contribution is 5.83. The van der Waals surface area contributed by atoms with Gasteiger partial charge in [-0.2, -0.15) is 0 Å². The molecule has 0 saturated heterocycles. The van der Waals surface area contributed by atoms with Crippen LogP contribution in [0.25, 0.3) is 0 Å². The Balaban J connectivity index is 1.76. The number of carbonyl (C=O) groups excluding carboxylic acids is 1. The minimum atomic E-state index is -0.192. The second-order valence-electron chi connectivity index (χ2n) is 4.82. The van der Waals surface area contributed by atoms with Gasteiger partial charge in [0.15, 0.2) is 0 Å². The highest BCUT2D eigenvalue weighted by Gasteiger charge is 2.14. The Morgan fingerprint density at radius 1 is 1.50 bits per heavy atom. The van der Waals surface area contributed by atoms with E-state index in [1.54, 1.807) is 12.4 Å². The molecule has 2 aromatic rings. The zero-order chi connectivity index (χ0) is 14.4. The van der Waals surface area contributed by atoms with Gasteiger partial charge in [0, 0.05) is 31.0 Å². The van der Waals surface area contributed by atoms with Crippen LogP contribution in [0.15, 0.2) is 36.7 Å². The van der Waals surface area contributed by atoms with Crippen molar-refractivity contribution in [2.75, 3.05) is 12.3 Å². The first kappa shape index (κ1) is 14.1. The van der Waals surface area contributed by atoms with Gasteiger partial charge in [-0.1, -0.05) is 12.1 Å². The molecule has 1 amide bonds. The van der Waals surface area contributed by atoms with Gasteiger partial charge < -0.3 is 16.0 Å². The minimum absolute atomic E-state index is 0.0232. The Morgan fingerprint density at radius 3 is 3.05 bits per heavy atom. The fourth-order valence-corrected chi connectivity index (χ4v) is 2.03. The molecule has 0 fully saturated rings. The molecule has 0 saturated carbocycles. The molecule has 0 aliphatic rings. The van der Waals surface area contributed by atoms with E-state index in [0.29, 0.717) is 12.2 Å². The van der Waals surface area contributed by atoms with E-state index in [-0.39, 0.29) is 11.8 Å². The summed E-state index contributed by atoms with van der Waals surface area (Å²) in [5, 5.41) is 2.94. The number of nitrogens with two attached hydrogens (primary N) is 1. The number of H-pyrrole nitrogens is 1. The van der Waals surface area contributed by atoms with Crippen LogP contribution in [0, 0.1) is 0 Å². The van der Waals surface area contributed by atoms with Crippen molar-refractivity contribution in [2.24, 2.45) is 0 Å². The summed E-state index contributed by atoms with van der Waals surface area (Å²) < 4.78 is 0. The number of nitrogens with one attached hydrogen (secondary N) is 2. The van der Waals surface area contributed by atoms with Gasteiger partial charge in [-0.15, -0.1) is 0 Å². The number of aromatic nitrogens is 2. The molecule has 0 bridgehead atoms. The largest absolute Gasteiger partial charge is 0.399 e. The fourth-order valence-electron chi connectivity index (χ4n) is 2.03. The second kappa shape index (κ2) is 6.75. The number of carbonyl (C=O) groups is 1. The van der Waals surface area contributed by atoms with E-state index in [2.05, 4.69) is 15.3 Å². The molecule has 5 nitrogen and oxygen atoms in total. The molecule has 0 aliphatic carbocycles. The van der Waals surface area contributed by atoms with Crippen molar-refractivity contribution in [3.05, 3.63) is 48.0 Å². The second-order valence-corrected chi connectivity index (χ2v) is 4.82. The molecule has 5 heteroatoms. The third-order valence-electron chi connectivity index (χ3n) is 3.25. The molecule has 0 radical (unpaired) electrons. The van der Waals surface area contributed by atoms with Crippen LogP contribution in [0.5, 0.6) is 0 Å². The van der Waals surface area contributed by atoms with Gasteiger partial charge >= 0.3 is 0 Å². The van der Waals surface area contributed by atoms with Crippen molar-refractivity contribution >= 4 is 11.6 Å². The molecule has 1 unspecified atom stereocenters. The summed E-state index contributed by atoms with van der Waals surface area (Å²) in [5.74, 6) is 0.778. The van der Waals surface area contributed by atoms with E-state index in [1.165, 1.54) is 0 Å². The molecular formula is C15H20N4O. The lowest BCUT2D eigenvalue weighted by atomic mass is 10.00. The Morgan fingerprint density at radius 2 is 2.35 bits per heavy atom. The number of aryl methyl sites for hydroxylation is 1. The van der Waals surface area contributed by atoms with E-state index < -0.39 is 0 Å². The van der Waals surface area contributed by atoms with Crippen molar-refractivity contribution in [3.8, 4) is 0 Å². The van der Waals surface area contributed by atoms with Gasteiger partial charge in [-0.3, -0.25) is 4.79 Å². The summed E-state index contributed by atoms with van der Waals surface area (Å²) in [6.07, 6.45) is 5.23. The highest BCUT2D eigenvalue weighted by atomic mass is 16.1. The minimum Gasteiger partial charge on any atom is -0.399 e. The topological polar surface area (TPSA) is 83.8 Å². The molecule has 4 N–H and O–H groups in total. The van der Waals surface area contributed by atoms with Gasteiger partial charge in [0.25, 0.3) is 0 Å². The Hall–Kier alpha value is -2.30. The van der Waals surface area contributed by atoms with Gasteiger partial charge in [0.05, 0.1) is 5.92 Å². The van der Waals surface area contributed by atoms with Crippen LogP contribution in [0.3, 0.4) is 0 Å². The molecule has 1 aromatic carbocycles. The number of hydrogen-bond donors (Lipinski definition) is 3. The molecule has 106 valence electrons. The number of hydrogen-bond acceptors (Lipinski definition) is 3. The number of nitrogen functional groups attached to an aromatic ring is 1. The van der Waals surface area contributed by atoms with E-state index >= 15 is 0 Å². The normalized spacial score (nSPS) is 12.1. The van der Waals surface area contributed by atoms with Crippen molar-refractivity contribution in [2.45, 2.75) is 25.7 Å². The number of benzene rings is 1. The maximum atomic E-state index is 12.0. The molecular weight excluding hydrogens is 252 g/mol. The summed E-state index contributed by atoms with van der Waals surface area (Å²) >= 11 is 0. The van der Waals surface area contributed by atoms with Crippen LogP contribution < -0.4 is 11.1 Å². The van der Waals surface area contributed by atoms with Crippen molar-refractivity contribution in [1.29, 1.82) is 0 Å². The Bertz CT molecular complexity index is 551. The van der Waals surface area contributed by atoms with Gasteiger partial charge in [0.2, 0.25) is 5.91 Å². The van der Waals surface area contributed by atoms with Crippen LogP contribution in [0.4, 0.5) is 5.69 Å². The van der Waals surface area contributed by atoms with Crippen LogP contribution in [-0.2, 0) is 11.2 Å². The molecule has 1 heterocycles. The molecule has 0 spiro atoms. The fraction of sp³-hybridized carbons (Fsp3) is 0.333. The predicted molar refractivity (Wildman–Crippen MR) is 79.2 cm³/mol. The van der Waals surface area contributed by atoms with Crippen molar-refractivity contribution in [3.63, 3.8) is 0 Å². The average molecular weight is 272 g/mol. The van der Waals surface area contributed by atoms with Crippen LogP contribution in [0.1, 0.15) is 30.7 Å². The number of nitrogens with zero attached hydrogens (tertiary/aromatic N) is 1. The van der Waals surface area contributed by atoms with E-state index in [4.69, 9.17) is 5.73 Å². The molecule has 1 atom stereocenters. The predicted octanol–water partition coefficient (Wildman–Crippen LogP) is 1.84. The first-order valence-corrected chi connectivity index (χ1v) is 6.78. The zero-order valence-electron chi connectivity index (χ0n) is 11.6. The standard InChI is InChI=1S/C15H20N4O/c1-11(12-4-2-5-13(16)10-12)15(20)19-7-3-6-14-17-8-9-18-14/h2,4-5,8-11H,3,6-7,16H2,1H3,(H,17,18)(H,19,20). The third-order valence-corrected chi connectivity index (χ3v) is 3.25. The number of amides is 1. The van der Waals surface area contributed by atoms with E-state index in [1.807, 2.05) is 31.2 Å². The lowest BCUT2D eigenvalue weighted by Gasteiger charge is -2.12. The van der Waals surface area contributed by atoms with Crippen LogP contribution in [-0.4, -0.2) is 22.4 Å². The number of aromatic amines is 1. The lowest BCUT2D eigenvalue weighted by molar-refractivity contribution is -0.122. The lowest BCUT2D eigenvalue weighted by Crippen LogP contribution is -2.29. The zero-order valence-corrected chi connectivity index (χ0v) is 11.6. The quantitative estimate of drug-likeness (QED) is 0.554. The number of imidazole rings is 1. The van der Waals surface area contributed by atoms with Crippen LogP contribution in [0.2, 0.25) is 0 Å². The van der Waals surface area contributed by atoms with E-state index in [9.17, 15) is 4.79 Å². The van der Waals surface area contributed by atoms with Crippen LogP contribution >= 0.6 is 0 Å². The average Bonchev–Trinajstić information content (AvgIpc) is 2.95. The first-order chi connectivity index (χ1) is 9.66. The SMILES string of the molecule is CC(C(=O)NCCCc1ncc[nH]1)c1cccc(N)c1. The molecule has 0 aliphatic heterocycles. The summed E-state index contributed by atoms with van der Waals surface area (Å²) in [7, 11) is 0. The molecule has 1 aromatic heterocycles. The van der Waals surface area contributed by atoms with E-state index in [0.717, 1.165) is 24.2 Å². The number of anilines is 1. The first-order valence-electron chi connectivity index (χ1n) is 6.78. The smallest absolute Gasteiger partial charge is 0.227 e. The monoisotopic (exact) mass is 272 g/mol. The maximum Gasteiger partial charge on any atom is 0.227 e. The van der Waals surface area contributed by atoms with Crippen molar-refractivity contribution < 1.29 is 4.79 Å². The van der Waals surface area contributed by atoms with Gasteiger partial charge in [-0.25, -0.2) is 4.98 Å². The summed E-state index contributed by atoms with van der Waals surface area (Å²) in [6.45, 7) is 2.53. The molecule has 20 heavy (non-hydrogen) atoms. The van der Waals surface area contributed by atoms with Gasteiger partial charge in [-0.05, 0) is 31.0 Å². The molecule has 2 rings (SSSR count). The highest BCUT2D eigenvalue weighted by Crippen LogP contribution is 2.17. The number of rotatable bonds is 6. The summed E-state index contributed by atoms with van der Waals surface area (Å²) in [4.78, 5) is 19.2. The summed E-state index contributed by atoms with van der Waals surface area (Å²) in [5.41, 5.74) is 7.35. The van der Waals surface area contributed by atoms with Gasteiger partial charge in [0.1, 0.15) is 5.82 Å². The summed E-state index contributed by atoms with van der Waals surface area (Å²) in [6, 6.07) is 7.44.